The molecule has 0 aromatic carbocycles. The van der Waals surface area contributed by atoms with Gasteiger partial charge in [-0.05, 0) is 23.2 Å². The van der Waals surface area contributed by atoms with Crippen molar-refractivity contribution in [2.24, 2.45) is 23.2 Å². The standard InChI is InChI=1S/C14H30/c1-8-9-10-12(4)14(6,7)13(5)11(2)3/h11-13H,8-10H2,1-7H3. The van der Waals surface area contributed by atoms with E-state index in [1.807, 2.05) is 0 Å². The van der Waals surface area contributed by atoms with Gasteiger partial charge in [-0.3, -0.25) is 0 Å². The largest absolute Gasteiger partial charge is 0.0654 e. The maximum atomic E-state index is 2.44. The Kier molecular flexibility index (Phi) is 5.78. The molecule has 0 aliphatic rings. The zero-order valence-electron chi connectivity index (χ0n) is 11.4. The predicted molar refractivity (Wildman–Crippen MR) is 66.5 cm³/mol. The number of rotatable bonds is 6. The lowest BCUT2D eigenvalue weighted by Gasteiger charge is -2.40. The Morgan fingerprint density at radius 1 is 1.00 bits per heavy atom. The van der Waals surface area contributed by atoms with E-state index >= 15 is 0 Å². The maximum Gasteiger partial charge on any atom is -0.0300 e. The fourth-order valence-corrected chi connectivity index (χ4v) is 2.19. The summed E-state index contributed by atoms with van der Waals surface area (Å²) in [6, 6.07) is 0. The van der Waals surface area contributed by atoms with Crippen LogP contribution < -0.4 is 0 Å². The van der Waals surface area contributed by atoms with Gasteiger partial charge < -0.3 is 0 Å². The van der Waals surface area contributed by atoms with Crippen molar-refractivity contribution in [3.8, 4) is 0 Å². The van der Waals surface area contributed by atoms with Gasteiger partial charge in [0.25, 0.3) is 0 Å². The van der Waals surface area contributed by atoms with Crippen LogP contribution in [-0.4, -0.2) is 0 Å². The van der Waals surface area contributed by atoms with Gasteiger partial charge >= 0.3 is 0 Å². The molecule has 0 aromatic heterocycles. The van der Waals surface area contributed by atoms with Crippen LogP contribution >= 0.6 is 0 Å². The normalized spacial score (nSPS) is 17.1. The summed E-state index contributed by atoms with van der Waals surface area (Å²) in [5.74, 6) is 2.46. The van der Waals surface area contributed by atoms with E-state index < -0.39 is 0 Å². The topological polar surface area (TPSA) is 0 Å². The molecule has 0 aliphatic heterocycles. The minimum absolute atomic E-state index is 0.489. The van der Waals surface area contributed by atoms with Crippen molar-refractivity contribution in [1.82, 2.24) is 0 Å². The first-order valence-electron chi connectivity index (χ1n) is 6.34. The van der Waals surface area contributed by atoms with Gasteiger partial charge in [-0.1, -0.05) is 67.7 Å². The van der Waals surface area contributed by atoms with E-state index in [9.17, 15) is 0 Å². The molecule has 2 atom stereocenters. The van der Waals surface area contributed by atoms with Crippen molar-refractivity contribution in [3.63, 3.8) is 0 Å². The van der Waals surface area contributed by atoms with Gasteiger partial charge in [0.05, 0.1) is 0 Å². The highest BCUT2D eigenvalue weighted by atomic mass is 14.4. The molecule has 0 heteroatoms. The van der Waals surface area contributed by atoms with Crippen molar-refractivity contribution >= 4 is 0 Å². The van der Waals surface area contributed by atoms with Crippen LogP contribution in [0.1, 0.15) is 67.7 Å². The predicted octanol–water partition coefficient (Wildman–Crippen LogP) is 5.13. The van der Waals surface area contributed by atoms with Crippen LogP contribution in [0.15, 0.2) is 0 Å². The van der Waals surface area contributed by atoms with Crippen molar-refractivity contribution in [2.45, 2.75) is 67.7 Å². The van der Waals surface area contributed by atoms with Gasteiger partial charge in [0.2, 0.25) is 0 Å². The Labute approximate surface area is 91.5 Å². The lowest BCUT2D eigenvalue weighted by molar-refractivity contribution is 0.0948. The Morgan fingerprint density at radius 3 is 1.86 bits per heavy atom. The van der Waals surface area contributed by atoms with Crippen LogP contribution in [0, 0.1) is 23.2 Å². The SMILES string of the molecule is CCCCC(C)C(C)(C)C(C)C(C)C. The molecule has 14 heavy (non-hydrogen) atoms. The van der Waals surface area contributed by atoms with E-state index in [1.54, 1.807) is 0 Å². The summed E-state index contributed by atoms with van der Waals surface area (Å²) in [5.41, 5.74) is 0.489. The van der Waals surface area contributed by atoms with Gasteiger partial charge in [-0.2, -0.15) is 0 Å². The van der Waals surface area contributed by atoms with Crippen LogP contribution in [-0.2, 0) is 0 Å². The third-order valence-electron chi connectivity index (χ3n) is 4.43. The van der Waals surface area contributed by atoms with Crippen LogP contribution in [0.25, 0.3) is 0 Å². The first kappa shape index (κ1) is 14.0. The Bertz CT molecular complexity index is 144. The first-order valence-corrected chi connectivity index (χ1v) is 6.34. The van der Waals surface area contributed by atoms with E-state index in [0.717, 1.165) is 17.8 Å². The van der Waals surface area contributed by atoms with E-state index in [0.29, 0.717) is 5.41 Å². The van der Waals surface area contributed by atoms with Gasteiger partial charge in [0, 0.05) is 0 Å². The van der Waals surface area contributed by atoms with E-state index in [1.165, 1.54) is 19.3 Å². The molecular formula is C14H30. The highest BCUT2D eigenvalue weighted by molar-refractivity contribution is 4.82. The minimum Gasteiger partial charge on any atom is -0.0654 e. The van der Waals surface area contributed by atoms with Crippen LogP contribution in [0.5, 0.6) is 0 Å². The smallest absolute Gasteiger partial charge is 0.0300 e. The summed E-state index contributed by atoms with van der Waals surface area (Å²) in [6.45, 7) is 16.7. The highest BCUT2D eigenvalue weighted by Gasteiger charge is 2.32. The molecule has 0 rings (SSSR count). The molecule has 0 N–H and O–H groups in total. The van der Waals surface area contributed by atoms with Crippen molar-refractivity contribution in [1.29, 1.82) is 0 Å². The molecule has 0 aromatic rings. The molecule has 2 unspecified atom stereocenters. The zero-order chi connectivity index (χ0) is 11.4. The van der Waals surface area contributed by atoms with Crippen molar-refractivity contribution in [3.05, 3.63) is 0 Å². The van der Waals surface area contributed by atoms with E-state index in [2.05, 4.69) is 48.5 Å². The quantitative estimate of drug-likeness (QED) is 0.555. The molecule has 86 valence electrons. The van der Waals surface area contributed by atoms with Gasteiger partial charge in [-0.25, -0.2) is 0 Å². The molecule has 0 radical (unpaired) electrons. The molecule has 0 saturated heterocycles. The Hall–Kier alpha value is 0. The lowest BCUT2D eigenvalue weighted by atomic mass is 9.65. The fraction of sp³-hybridized carbons (Fsp3) is 1.00. The zero-order valence-corrected chi connectivity index (χ0v) is 11.4. The van der Waals surface area contributed by atoms with Crippen LogP contribution in [0.2, 0.25) is 0 Å². The number of hydrogen-bond acceptors (Lipinski definition) is 0. The fourth-order valence-electron chi connectivity index (χ4n) is 2.19. The summed E-state index contributed by atoms with van der Waals surface area (Å²) < 4.78 is 0. The molecule has 0 spiro atoms. The second kappa shape index (κ2) is 5.78. The van der Waals surface area contributed by atoms with Crippen LogP contribution in [0.3, 0.4) is 0 Å². The number of hydrogen-bond donors (Lipinski definition) is 0. The Balaban J connectivity index is 4.27. The van der Waals surface area contributed by atoms with E-state index in [4.69, 9.17) is 0 Å². The van der Waals surface area contributed by atoms with Crippen molar-refractivity contribution in [2.75, 3.05) is 0 Å². The first-order chi connectivity index (χ1) is 6.34. The Morgan fingerprint density at radius 2 is 1.50 bits per heavy atom. The molecule has 0 fully saturated rings. The number of unbranched alkanes of at least 4 members (excludes halogenated alkanes) is 1. The summed E-state index contributed by atoms with van der Waals surface area (Å²) in [4.78, 5) is 0. The highest BCUT2D eigenvalue weighted by Crippen LogP contribution is 2.41. The van der Waals surface area contributed by atoms with Crippen LogP contribution in [0.4, 0.5) is 0 Å². The average Bonchev–Trinajstić information content (AvgIpc) is 2.12. The van der Waals surface area contributed by atoms with Crippen molar-refractivity contribution < 1.29 is 0 Å². The van der Waals surface area contributed by atoms with Gasteiger partial charge in [0.1, 0.15) is 0 Å². The second-order valence-electron chi connectivity index (χ2n) is 5.90. The summed E-state index contributed by atoms with van der Waals surface area (Å²) >= 11 is 0. The van der Waals surface area contributed by atoms with E-state index in [-0.39, 0.29) is 0 Å². The van der Waals surface area contributed by atoms with Gasteiger partial charge in [0.15, 0.2) is 0 Å². The summed E-state index contributed by atoms with van der Waals surface area (Å²) in [5, 5.41) is 0. The molecule has 0 heterocycles. The molecule has 0 nitrogen and oxygen atoms in total. The molecule has 0 saturated carbocycles. The maximum absolute atomic E-state index is 2.44. The third kappa shape index (κ3) is 3.63. The average molecular weight is 198 g/mol. The third-order valence-corrected chi connectivity index (χ3v) is 4.43. The minimum atomic E-state index is 0.489. The monoisotopic (exact) mass is 198 g/mol. The second-order valence-corrected chi connectivity index (χ2v) is 5.90. The lowest BCUT2D eigenvalue weighted by Crippen LogP contribution is -2.32. The molecule has 0 bridgehead atoms. The van der Waals surface area contributed by atoms with Gasteiger partial charge in [-0.15, -0.1) is 0 Å². The molecule has 0 aliphatic carbocycles. The molecule has 0 amide bonds. The summed E-state index contributed by atoms with van der Waals surface area (Å²) in [6.07, 6.45) is 4.10. The molecular weight excluding hydrogens is 168 g/mol. The summed E-state index contributed by atoms with van der Waals surface area (Å²) in [7, 11) is 0.